The Morgan fingerprint density at radius 1 is 1.42 bits per heavy atom. The molecule has 0 aromatic heterocycles. The molecule has 0 spiro atoms. The number of rotatable bonds is 2. The van der Waals surface area contributed by atoms with Crippen molar-refractivity contribution in [2.45, 2.75) is 39.5 Å². The van der Waals surface area contributed by atoms with E-state index in [0.29, 0.717) is 12.2 Å². The standard InChI is InChI=1S/C11H16O/c1-3-9(4-2)10-7-5-6-8-11(10)12/h5,7H,3-4,6,8H2,1-2H3. The molecule has 0 saturated heterocycles. The van der Waals surface area contributed by atoms with Crippen molar-refractivity contribution in [1.82, 2.24) is 0 Å². The van der Waals surface area contributed by atoms with Crippen molar-refractivity contribution in [1.29, 1.82) is 0 Å². The molecule has 0 radical (unpaired) electrons. The number of hydrogen-bond donors (Lipinski definition) is 0. The predicted molar refractivity (Wildman–Crippen MR) is 51.0 cm³/mol. The largest absolute Gasteiger partial charge is 0.294 e. The molecule has 66 valence electrons. The molecular weight excluding hydrogens is 148 g/mol. The third-order valence-corrected chi connectivity index (χ3v) is 2.36. The zero-order valence-electron chi connectivity index (χ0n) is 7.89. The number of carbonyl (C=O) groups is 1. The molecule has 0 heterocycles. The second-order valence-corrected chi connectivity index (χ2v) is 3.09. The third kappa shape index (κ3) is 1.84. The molecule has 1 aliphatic rings. The Bertz CT molecular complexity index is 227. The number of ketones is 1. The first-order chi connectivity index (χ1) is 5.79. The molecule has 0 saturated carbocycles. The highest BCUT2D eigenvalue weighted by Crippen LogP contribution is 2.20. The fourth-order valence-electron chi connectivity index (χ4n) is 1.59. The van der Waals surface area contributed by atoms with Gasteiger partial charge in [0.25, 0.3) is 0 Å². The van der Waals surface area contributed by atoms with Crippen LogP contribution in [0.3, 0.4) is 0 Å². The minimum absolute atomic E-state index is 0.330. The van der Waals surface area contributed by atoms with E-state index in [2.05, 4.69) is 19.9 Å². The molecule has 0 fully saturated rings. The van der Waals surface area contributed by atoms with Crippen molar-refractivity contribution >= 4 is 5.78 Å². The van der Waals surface area contributed by atoms with Crippen LogP contribution in [0.5, 0.6) is 0 Å². The maximum absolute atomic E-state index is 11.4. The Morgan fingerprint density at radius 2 is 2.08 bits per heavy atom. The molecule has 0 aromatic rings. The molecule has 1 aliphatic carbocycles. The molecular formula is C11H16O. The van der Waals surface area contributed by atoms with Crippen LogP contribution in [0, 0.1) is 0 Å². The van der Waals surface area contributed by atoms with Crippen LogP contribution < -0.4 is 0 Å². The van der Waals surface area contributed by atoms with Gasteiger partial charge in [0.1, 0.15) is 0 Å². The first-order valence-corrected chi connectivity index (χ1v) is 4.71. The first kappa shape index (κ1) is 9.24. The van der Waals surface area contributed by atoms with Crippen LogP contribution in [0.25, 0.3) is 0 Å². The average molecular weight is 164 g/mol. The Balaban J connectivity index is 2.95. The van der Waals surface area contributed by atoms with Gasteiger partial charge in [0.2, 0.25) is 0 Å². The van der Waals surface area contributed by atoms with Crippen molar-refractivity contribution in [3.63, 3.8) is 0 Å². The maximum Gasteiger partial charge on any atom is 0.163 e. The summed E-state index contributed by atoms with van der Waals surface area (Å²) in [6.45, 7) is 4.23. The summed E-state index contributed by atoms with van der Waals surface area (Å²) in [6, 6.07) is 0. The van der Waals surface area contributed by atoms with Crippen LogP contribution in [-0.2, 0) is 4.79 Å². The van der Waals surface area contributed by atoms with Crippen LogP contribution in [0.1, 0.15) is 39.5 Å². The molecule has 12 heavy (non-hydrogen) atoms. The number of carbonyl (C=O) groups excluding carboxylic acids is 1. The number of Topliss-reactive ketones (excluding diaryl/α,β-unsaturated/α-hetero) is 1. The van der Waals surface area contributed by atoms with Crippen LogP contribution in [-0.4, -0.2) is 5.78 Å². The van der Waals surface area contributed by atoms with E-state index in [1.165, 1.54) is 5.57 Å². The zero-order valence-corrected chi connectivity index (χ0v) is 7.89. The van der Waals surface area contributed by atoms with E-state index < -0.39 is 0 Å². The molecule has 0 amide bonds. The molecule has 0 aromatic carbocycles. The van der Waals surface area contributed by atoms with Crippen LogP contribution in [0.4, 0.5) is 0 Å². The molecule has 1 nitrogen and oxygen atoms in total. The van der Waals surface area contributed by atoms with Gasteiger partial charge in [0, 0.05) is 12.0 Å². The molecule has 1 heteroatoms. The summed E-state index contributed by atoms with van der Waals surface area (Å²) < 4.78 is 0. The van der Waals surface area contributed by atoms with E-state index in [0.717, 1.165) is 24.8 Å². The predicted octanol–water partition coefficient (Wildman–Crippen LogP) is 3.02. The molecule has 0 bridgehead atoms. The molecule has 0 N–H and O–H groups in total. The second kappa shape index (κ2) is 4.24. The normalized spacial score (nSPS) is 16.8. The highest BCUT2D eigenvalue weighted by Gasteiger charge is 2.12. The summed E-state index contributed by atoms with van der Waals surface area (Å²) in [4.78, 5) is 11.4. The van der Waals surface area contributed by atoms with Gasteiger partial charge in [-0.2, -0.15) is 0 Å². The molecule has 0 aliphatic heterocycles. The van der Waals surface area contributed by atoms with Gasteiger partial charge in [0.05, 0.1) is 0 Å². The zero-order chi connectivity index (χ0) is 8.97. The number of hydrogen-bond acceptors (Lipinski definition) is 1. The lowest BCUT2D eigenvalue weighted by atomic mass is 9.93. The average Bonchev–Trinajstić information content (AvgIpc) is 2.10. The van der Waals surface area contributed by atoms with E-state index in [1.54, 1.807) is 0 Å². The minimum Gasteiger partial charge on any atom is -0.294 e. The highest BCUT2D eigenvalue weighted by atomic mass is 16.1. The summed E-state index contributed by atoms with van der Waals surface area (Å²) in [5.74, 6) is 0.330. The van der Waals surface area contributed by atoms with Crippen molar-refractivity contribution in [3.05, 3.63) is 23.3 Å². The lowest BCUT2D eigenvalue weighted by Crippen LogP contribution is -2.06. The molecule has 0 unspecified atom stereocenters. The van der Waals surface area contributed by atoms with E-state index in [-0.39, 0.29) is 0 Å². The second-order valence-electron chi connectivity index (χ2n) is 3.09. The molecule has 0 atom stereocenters. The van der Waals surface area contributed by atoms with Gasteiger partial charge in [0.15, 0.2) is 5.78 Å². The van der Waals surface area contributed by atoms with Gasteiger partial charge >= 0.3 is 0 Å². The van der Waals surface area contributed by atoms with Gasteiger partial charge in [-0.1, -0.05) is 31.6 Å². The van der Waals surface area contributed by atoms with Crippen molar-refractivity contribution in [3.8, 4) is 0 Å². The third-order valence-electron chi connectivity index (χ3n) is 2.36. The number of allylic oxidation sites excluding steroid dienone is 4. The fourth-order valence-corrected chi connectivity index (χ4v) is 1.59. The monoisotopic (exact) mass is 164 g/mol. The lowest BCUT2D eigenvalue weighted by molar-refractivity contribution is -0.115. The van der Waals surface area contributed by atoms with E-state index in [4.69, 9.17) is 0 Å². The summed E-state index contributed by atoms with van der Waals surface area (Å²) >= 11 is 0. The quantitative estimate of drug-likeness (QED) is 0.573. The SMILES string of the molecule is CCC(CC)=C1C=CCCC1=O. The van der Waals surface area contributed by atoms with Gasteiger partial charge in [-0.25, -0.2) is 0 Å². The fraction of sp³-hybridized carbons (Fsp3) is 0.545. The first-order valence-electron chi connectivity index (χ1n) is 4.71. The summed E-state index contributed by atoms with van der Waals surface area (Å²) in [7, 11) is 0. The minimum atomic E-state index is 0.330. The van der Waals surface area contributed by atoms with Gasteiger partial charge < -0.3 is 0 Å². The van der Waals surface area contributed by atoms with Crippen molar-refractivity contribution in [2.24, 2.45) is 0 Å². The Labute approximate surface area is 74.2 Å². The topological polar surface area (TPSA) is 17.1 Å². The molecule has 1 rings (SSSR count). The van der Waals surface area contributed by atoms with Gasteiger partial charge in [-0.05, 0) is 19.3 Å². The van der Waals surface area contributed by atoms with Crippen LogP contribution >= 0.6 is 0 Å². The Hall–Kier alpha value is -0.850. The maximum atomic E-state index is 11.4. The summed E-state index contributed by atoms with van der Waals surface area (Å²) in [5.41, 5.74) is 2.28. The van der Waals surface area contributed by atoms with Gasteiger partial charge in [-0.15, -0.1) is 0 Å². The summed E-state index contributed by atoms with van der Waals surface area (Å²) in [6.07, 6.45) is 7.72. The van der Waals surface area contributed by atoms with E-state index in [1.807, 2.05) is 6.08 Å². The van der Waals surface area contributed by atoms with Crippen LogP contribution in [0.15, 0.2) is 23.3 Å². The van der Waals surface area contributed by atoms with E-state index in [9.17, 15) is 4.79 Å². The van der Waals surface area contributed by atoms with E-state index >= 15 is 0 Å². The summed E-state index contributed by atoms with van der Waals surface area (Å²) in [5, 5.41) is 0. The highest BCUT2D eigenvalue weighted by molar-refractivity contribution is 5.99. The lowest BCUT2D eigenvalue weighted by Gasteiger charge is -2.11. The van der Waals surface area contributed by atoms with Crippen LogP contribution in [0.2, 0.25) is 0 Å². The Kier molecular flexibility index (Phi) is 3.27. The van der Waals surface area contributed by atoms with Crippen molar-refractivity contribution in [2.75, 3.05) is 0 Å². The van der Waals surface area contributed by atoms with Crippen molar-refractivity contribution < 1.29 is 4.79 Å². The Morgan fingerprint density at radius 3 is 2.58 bits per heavy atom. The smallest absolute Gasteiger partial charge is 0.163 e. The van der Waals surface area contributed by atoms with Gasteiger partial charge in [-0.3, -0.25) is 4.79 Å².